The van der Waals surface area contributed by atoms with E-state index in [-0.39, 0.29) is 6.04 Å². The number of methoxy groups -OCH3 is 2. The summed E-state index contributed by atoms with van der Waals surface area (Å²) in [5, 5.41) is 3.60. The van der Waals surface area contributed by atoms with Crippen LogP contribution in [0.25, 0.3) is 0 Å². The Morgan fingerprint density at radius 2 is 1.95 bits per heavy atom. The van der Waals surface area contributed by atoms with E-state index >= 15 is 0 Å². The fourth-order valence-corrected chi connectivity index (χ4v) is 2.72. The third-order valence-corrected chi connectivity index (χ3v) is 4.15. The zero-order valence-electron chi connectivity index (χ0n) is 12.5. The van der Waals surface area contributed by atoms with Gasteiger partial charge in [-0.05, 0) is 37.8 Å². The van der Waals surface area contributed by atoms with Crippen molar-refractivity contribution in [3.63, 3.8) is 0 Å². The Morgan fingerprint density at radius 3 is 2.53 bits per heavy atom. The lowest BCUT2D eigenvalue weighted by Crippen LogP contribution is -2.31. The van der Waals surface area contributed by atoms with Gasteiger partial charge in [-0.1, -0.05) is 6.92 Å². The van der Waals surface area contributed by atoms with E-state index in [0.29, 0.717) is 6.04 Å². The van der Waals surface area contributed by atoms with Gasteiger partial charge in [0.25, 0.3) is 0 Å². The first kappa shape index (κ1) is 16.2. The molecule has 0 aliphatic rings. The number of ether oxygens (including phenoxy) is 2. The van der Waals surface area contributed by atoms with Crippen LogP contribution in [0.3, 0.4) is 0 Å². The molecule has 0 aliphatic heterocycles. The fourth-order valence-electron chi connectivity index (χ4n) is 2.04. The van der Waals surface area contributed by atoms with Crippen molar-refractivity contribution in [2.45, 2.75) is 32.9 Å². The molecule has 1 aromatic carbocycles. The minimum Gasteiger partial charge on any atom is -0.497 e. The monoisotopic (exact) mass is 283 g/mol. The molecule has 2 atom stereocenters. The third-order valence-electron chi connectivity index (χ3n) is 3.01. The maximum atomic E-state index is 5.43. The smallest absolute Gasteiger partial charge is 0.123 e. The number of thioether (sulfide) groups is 1. The van der Waals surface area contributed by atoms with E-state index in [9.17, 15) is 0 Å². The Kier molecular flexibility index (Phi) is 7.10. The van der Waals surface area contributed by atoms with Gasteiger partial charge in [-0.3, -0.25) is 0 Å². The number of benzene rings is 1. The van der Waals surface area contributed by atoms with Crippen LogP contribution < -0.4 is 14.8 Å². The molecule has 0 fully saturated rings. The molecule has 1 aromatic rings. The van der Waals surface area contributed by atoms with Crippen molar-refractivity contribution in [3.8, 4) is 11.5 Å². The number of hydrogen-bond acceptors (Lipinski definition) is 4. The second kappa shape index (κ2) is 8.33. The van der Waals surface area contributed by atoms with Crippen molar-refractivity contribution in [3.05, 3.63) is 23.8 Å². The van der Waals surface area contributed by atoms with Gasteiger partial charge in [0.05, 0.1) is 14.2 Å². The highest BCUT2D eigenvalue weighted by Crippen LogP contribution is 2.29. The zero-order chi connectivity index (χ0) is 14.3. The Balaban J connectivity index is 2.76. The minimum absolute atomic E-state index is 0.234. The molecule has 0 amide bonds. The molecule has 108 valence electrons. The topological polar surface area (TPSA) is 30.5 Å². The van der Waals surface area contributed by atoms with E-state index in [2.05, 4.69) is 26.1 Å². The first-order chi connectivity index (χ1) is 9.12. The van der Waals surface area contributed by atoms with Gasteiger partial charge in [-0.15, -0.1) is 0 Å². The van der Waals surface area contributed by atoms with Crippen LogP contribution in [0.4, 0.5) is 0 Å². The molecule has 0 heterocycles. The predicted molar refractivity (Wildman–Crippen MR) is 83.6 cm³/mol. The van der Waals surface area contributed by atoms with Crippen LogP contribution in [0, 0.1) is 0 Å². The van der Waals surface area contributed by atoms with Gasteiger partial charge in [-0.25, -0.2) is 0 Å². The average Bonchev–Trinajstić information content (AvgIpc) is 2.44. The predicted octanol–water partition coefficient (Wildman–Crippen LogP) is 3.50. The second-order valence-corrected chi connectivity index (χ2v) is 5.88. The largest absolute Gasteiger partial charge is 0.497 e. The van der Waals surface area contributed by atoms with E-state index < -0.39 is 0 Å². The Bertz CT molecular complexity index is 384. The van der Waals surface area contributed by atoms with E-state index in [4.69, 9.17) is 9.47 Å². The van der Waals surface area contributed by atoms with Crippen molar-refractivity contribution < 1.29 is 9.47 Å². The maximum absolute atomic E-state index is 5.43. The molecule has 1 rings (SSSR count). The normalized spacial score (nSPS) is 13.9. The van der Waals surface area contributed by atoms with Crippen LogP contribution >= 0.6 is 11.8 Å². The maximum Gasteiger partial charge on any atom is 0.123 e. The first-order valence-corrected chi connectivity index (χ1v) is 7.83. The van der Waals surface area contributed by atoms with Crippen LogP contribution in [-0.4, -0.2) is 31.8 Å². The lowest BCUT2D eigenvalue weighted by molar-refractivity contribution is 0.389. The zero-order valence-corrected chi connectivity index (χ0v) is 13.3. The van der Waals surface area contributed by atoms with Gasteiger partial charge in [-0.2, -0.15) is 11.8 Å². The summed E-state index contributed by atoms with van der Waals surface area (Å²) >= 11 is 1.95. The molecule has 19 heavy (non-hydrogen) atoms. The van der Waals surface area contributed by atoms with Crippen LogP contribution in [0.15, 0.2) is 18.2 Å². The Morgan fingerprint density at radius 1 is 1.21 bits per heavy atom. The average molecular weight is 283 g/mol. The van der Waals surface area contributed by atoms with E-state index in [1.165, 1.54) is 0 Å². The molecule has 1 N–H and O–H groups in total. The Hall–Kier alpha value is -0.870. The summed E-state index contributed by atoms with van der Waals surface area (Å²) in [6, 6.07) is 6.62. The van der Waals surface area contributed by atoms with Gasteiger partial charge >= 0.3 is 0 Å². The molecular weight excluding hydrogens is 258 g/mol. The molecule has 0 aromatic heterocycles. The summed E-state index contributed by atoms with van der Waals surface area (Å²) in [7, 11) is 3.39. The summed E-state index contributed by atoms with van der Waals surface area (Å²) < 4.78 is 10.7. The van der Waals surface area contributed by atoms with Crippen molar-refractivity contribution in [2.75, 3.05) is 25.7 Å². The fraction of sp³-hybridized carbons (Fsp3) is 0.600. The lowest BCUT2D eigenvalue weighted by atomic mass is 10.1. The summed E-state index contributed by atoms with van der Waals surface area (Å²) in [5.41, 5.74) is 1.13. The first-order valence-electron chi connectivity index (χ1n) is 6.68. The molecule has 0 aliphatic carbocycles. The molecule has 2 unspecified atom stereocenters. The van der Waals surface area contributed by atoms with Crippen LogP contribution in [0.1, 0.15) is 32.4 Å². The highest BCUT2D eigenvalue weighted by molar-refractivity contribution is 7.99. The standard InChI is InChI=1S/C15H25NO2S/c1-6-19-10-11(2)16-12(3)14-9-13(17-4)7-8-15(14)18-5/h7-9,11-12,16H,6,10H2,1-5H3. The van der Waals surface area contributed by atoms with Crippen molar-refractivity contribution in [1.82, 2.24) is 5.32 Å². The molecule has 0 radical (unpaired) electrons. The SMILES string of the molecule is CCSCC(C)NC(C)c1cc(OC)ccc1OC. The highest BCUT2D eigenvalue weighted by atomic mass is 32.2. The lowest BCUT2D eigenvalue weighted by Gasteiger charge is -2.22. The summed E-state index contributed by atoms with van der Waals surface area (Å²) in [4.78, 5) is 0. The minimum atomic E-state index is 0.234. The van der Waals surface area contributed by atoms with Gasteiger partial charge in [0, 0.05) is 23.4 Å². The number of rotatable bonds is 8. The van der Waals surface area contributed by atoms with Gasteiger partial charge in [0.15, 0.2) is 0 Å². The summed E-state index contributed by atoms with van der Waals surface area (Å²) in [5.74, 6) is 4.03. The number of nitrogens with one attached hydrogen (secondary N) is 1. The van der Waals surface area contributed by atoms with Crippen LogP contribution in [0.2, 0.25) is 0 Å². The highest BCUT2D eigenvalue weighted by Gasteiger charge is 2.14. The molecule has 0 bridgehead atoms. The quantitative estimate of drug-likeness (QED) is 0.791. The van der Waals surface area contributed by atoms with Gasteiger partial charge in [0.1, 0.15) is 11.5 Å². The van der Waals surface area contributed by atoms with E-state index in [0.717, 1.165) is 28.6 Å². The van der Waals surface area contributed by atoms with Gasteiger partial charge < -0.3 is 14.8 Å². The summed E-state index contributed by atoms with van der Waals surface area (Å²) in [6.07, 6.45) is 0. The molecule has 4 heteroatoms. The molecule has 0 saturated carbocycles. The molecular formula is C15H25NO2S. The molecule has 0 saturated heterocycles. The van der Waals surface area contributed by atoms with Crippen LogP contribution in [0.5, 0.6) is 11.5 Å². The van der Waals surface area contributed by atoms with Crippen molar-refractivity contribution in [2.24, 2.45) is 0 Å². The number of hydrogen-bond donors (Lipinski definition) is 1. The molecule has 0 spiro atoms. The van der Waals surface area contributed by atoms with Crippen molar-refractivity contribution >= 4 is 11.8 Å². The van der Waals surface area contributed by atoms with E-state index in [1.807, 2.05) is 30.0 Å². The summed E-state index contributed by atoms with van der Waals surface area (Å²) in [6.45, 7) is 6.56. The third kappa shape index (κ3) is 4.96. The van der Waals surface area contributed by atoms with Crippen LogP contribution in [-0.2, 0) is 0 Å². The van der Waals surface area contributed by atoms with E-state index in [1.54, 1.807) is 14.2 Å². The molecule has 3 nitrogen and oxygen atoms in total. The Labute approximate surface area is 121 Å². The second-order valence-electron chi connectivity index (χ2n) is 4.56. The van der Waals surface area contributed by atoms with Crippen molar-refractivity contribution in [1.29, 1.82) is 0 Å². The van der Waals surface area contributed by atoms with Gasteiger partial charge in [0.2, 0.25) is 0 Å².